The fraction of sp³-hybridized carbons (Fsp3) is 0.444. The first-order valence-corrected chi connectivity index (χ1v) is 12.9. The van der Waals surface area contributed by atoms with E-state index < -0.39 is 96.3 Å². The number of aliphatic hydroxyl groups excluding tert-OH is 6. The van der Waals surface area contributed by atoms with Gasteiger partial charge in [-0.25, -0.2) is 0 Å². The maximum absolute atomic E-state index is 12.9. The van der Waals surface area contributed by atoms with E-state index in [9.17, 15) is 50.8 Å². The number of benzene rings is 2. The molecular formula is C27H30O15. The fourth-order valence-corrected chi connectivity index (χ4v) is 4.77. The van der Waals surface area contributed by atoms with Gasteiger partial charge in [-0.15, -0.1) is 0 Å². The van der Waals surface area contributed by atoms with E-state index in [1.54, 1.807) is 0 Å². The van der Waals surface area contributed by atoms with E-state index in [0.29, 0.717) is 5.56 Å². The Hall–Kier alpha value is -3.51. The minimum absolute atomic E-state index is 0.0261. The summed E-state index contributed by atoms with van der Waals surface area (Å²) in [5.41, 5.74) is -0.807. The monoisotopic (exact) mass is 594 g/mol. The van der Waals surface area contributed by atoms with Gasteiger partial charge in [0, 0.05) is 17.7 Å². The Morgan fingerprint density at radius 3 is 2.10 bits per heavy atom. The van der Waals surface area contributed by atoms with Crippen molar-refractivity contribution < 1.29 is 69.3 Å². The maximum Gasteiger partial charge on any atom is 0.229 e. The fourth-order valence-electron chi connectivity index (χ4n) is 4.77. The summed E-state index contributed by atoms with van der Waals surface area (Å²) in [6, 6.07) is 7.47. The predicted octanol–water partition coefficient (Wildman–Crippen LogP) is -1.39. The largest absolute Gasteiger partial charge is 0.508 e. The minimum Gasteiger partial charge on any atom is -0.508 e. The highest BCUT2D eigenvalue weighted by Gasteiger charge is 2.47. The Bertz CT molecular complexity index is 1470. The Morgan fingerprint density at radius 2 is 1.40 bits per heavy atom. The van der Waals surface area contributed by atoms with E-state index in [1.165, 1.54) is 31.2 Å². The van der Waals surface area contributed by atoms with Crippen LogP contribution in [0.25, 0.3) is 22.3 Å². The van der Waals surface area contributed by atoms with E-state index in [2.05, 4.69) is 0 Å². The summed E-state index contributed by atoms with van der Waals surface area (Å²) in [6.45, 7) is 0.871. The molecule has 5 rings (SSSR count). The number of rotatable bonds is 6. The normalized spacial score (nSPS) is 33.5. The van der Waals surface area contributed by atoms with E-state index in [-0.39, 0.29) is 16.9 Å². The van der Waals surface area contributed by atoms with Gasteiger partial charge < -0.3 is 69.3 Å². The molecule has 1 aromatic heterocycles. The lowest BCUT2D eigenvalue weighted by Crippen LogP contribution is -2.61. The zero-order chi connectivity index (χ0) is 30.5. The Balaban J connectivity index is 1.43. The van der Waals surface area contributed by atoms with Gasteiger partial charge in [0.05, 0.1) is 12.7 Å². The molecule has 2 saturated heterocycles. The van der Waals surface area contributed by atoms with Crippen molar-refractivity contribution in [2.75, 3.05) is 6.61 Å². The smallest absolute Gasteiger partial charge is 0.229 e. The Kier molecular flexibility index (Phi) is 8.30. The van der Waals surface area contributed by atoms with Crippen molar-refractivity contribution in [2.24, 2.45) is 0 Å². The molecule has 0 amide bonds. The molecule has 2 aromatic carbocycles. The van der Waals surface area contributed by atoms with Gasteiger partial charge in [0.25, 0.3) is 0 Å². The quantitative estimate of drug-likeness (QED) is 0.159. The highest BCUT2D eigenvalue weighted by Crippen LogP contribution is 2.42. The highest BCUT2D eigenvalue weighted by atomic mass is 16.7. The number of ether oxygens (including phenoxy) is 4. The summed E-state index contributed by atoms with van der Waals surface area (Å²) in [5.74, 6) is -1.99. The van der Waals surface area contributed by atoms with Crippen molar-refractivity contribution in [3.05, 3.63) is 46.6 Å². The van der Waals surface area contributed by atoms with E-state index in [1.807, 2.05) is 0 Å². The topological polar surface area (TPSA) is 249 Å². The van der Waals surface area contributed by atoms with Crippen molar-refractivity contribution in [1.82, 2.24) is 0 Å². The van der Waals surface area contributed by atoms with Crippen molar-refractivity contribution >= 4 is 11.0 Å². The molecule has 0 unspecified atom stereocenters. The van der Waals surface area contributed by atoms with Crippen molar-refractivity contribution in [3.8, 4) is 34.3 Å². The van der Waals surface area contributed by atoms with Crippen LogP contribution in [0.5, 0.6) is 23.0 Å². The third kappa shape index (κ3) is 5.49. The first-order chi connectivity index (χ1) is 19.9. The summed E-state index contributed by atoms with van der Waals surface area (Å²) < 4.78 is 27.8. The molecule has 0 spiro atoms. The molecule has 0 radical (unpaired) electrons. The Labute approximate surface area is 236 Å². The molecule has 3 aromatic rings. The van der Waals surface area contributed by atoms with Crippen molar-refractivity contribution in [3.63, 3.8) is 0 Å². The van der Waals surface area contributed by atoms with Gasteiger partial charge >= 0.3 is 0 Å². The molecule has 0 bridgehead atoms. The predicted molar refractivity (Wildman–Crippen MR) is 139 cm³/mol. The number of fused-ring (bicyclic) bond motifs is 1. The molecule has 2 aliphatic rings. The maximum atomic E-state index is 12.9. The zero-order valence-electron chi connectivity index (χ0n) is 21.9. The average Bonchev–Trinajstić information content (AvgIpc) is 2.95. The molecule has 10 atom stereocenters. The van der Waals surface area contributed by atoms with Crippen LogP contribution in [-0.2, 0) is 14.2 Å². The van der Waals surface area contributed by atoms with Crippen LogP contribution in [0.3, 0.4) is 0 Å². The molecule has 2 fully saturated rings. The van der Waals surface area contributed by atoms with E-state index >= 15 is 0 Å². The van der Waals surface area contributed by atoms with Crippen LogP contribution in [0.2, 0.25) is 0 Å². The van der Waals surface area contributed by atoms with Crippen LogP contribution in [0.4, 0.5) is 0 Å². The summed E-state index contributed by atoms with van der Waals surface area (Å²) in [7, 11) is 0. The number of phenols is 3. The second-order valence-corrected chi connectivity index (χ2v) is 10.1. The molecule has 0 aliphatic carbocycles. The standard InChI is InChI=1S/C27H30O15/c1-9-18(32)20(34)22(36)26(39-9)38-8-16-19(33)21(35)23(37)27(41-16)42-24-14(31)6-12(29)17-13(30)7-15(40-25(17)24)10-2-4-11(28)5-3-10/h2-7,9,16,18-23,26-29,31-37H,8H2,1H3/t9-,16+,18-,19+,20+,21-,22+,23+,26+,27-/m0/s1. The number of aromatic hydroxyl groups is 3. The summed E-state index contributed by atoms with van der Waals surface area (Å²) >= 11 is 0. The summed E-state index contributed by atoms with van der Waals surface area (Å²) in [4.78, 5) is 12.9. The molecular weight excluding hydrogens is 564 g/mol. The van der Waals surface area contributed by atoms with Crippen LogP contribution in [-0.4, -0.2) is 114 Å². The number of phenolic OH excluding ortho intramolecular Hbond substituents is 3. The third-order valence-electron chi connectivity index (χ3n) is 7.20. The zero-order valence-corrected chi connectivity index (χ0v) is 21.9. The molecule has 228 valence electrons. The lowest BCUT2D eigenvalue weighted by atomic mass is 9.98. The van der Waals surface area contributed by atoms with Crippen LogP contribution in [0.15, 0.2) is 45.6 Å². The van der Waals surface area contributed by atoms with Crippen molar-refractivity contribution in [1.29, 1.82) is 0 Å². The SMILES string of the molecule is C[C@@H]1O[C@@H](OC[C@H]2O[C@@H](Oc3c(O)cc(O)c4c(=O)cc(-c5ccc(O)cc5)oc34)[C@H](O)[C@@H](O)[C@@H]2O)[C@H](O)[C@H](O)[C@H]1O. The molecule has 2 aliphatic heterocycles. The van der Waals surface area contributed by atoms with Crippen LogP contribution in [0.1, 0.15) is 6.92 Å². The first kappa shape index (κ1) is 30.0. The van der Waals surface area contributed by atoms with E-state index in [4.69, 9.17) is 23.4 Å². The highest BCUT2D eigenvalue weighted by molar-refractivity contribution is 5.91. The van der Waals surface area contributed by atoms with Gasteiger partial charge in [0.2, 0.25) is 12.0 Å². The van der Waals surface area contributed by atoms with Gasteiger partial charge in [-0.2, -0.15) is 0 Å². The molecule has 42 heavy (non-hydrogen) atoms. The van der Waals surface area contributed by atoms with Crippen LogP contribution >= 0.6 is 0 Å². The second kappa shape index (κ2) is 11.6. The third-order valence-corrected chi connectivity index (χ3v) is 7.20. The van der Waals surface area contributed by atoms with Gasteiger partial charge in [-0.05, 0) is 31.2 Å². The Morgan fingerprint density at radius 1 is 0.762 bits per heavy atom. The summed E-state index contributed by atoms with van der Waals surface area (Å²) in [5, 5.41) is 91.8. The lowest BCUT2D eigenvalue weighted by Gasteiger charge is -2.42. The molecule has 9 N–H and O–H groups in total. The average molecular weight is 595 g/mol. The van der Waals surface area contributed by atoms with Gasteiger partial charge in [-0.3, -0.25) is 4.79 Å². The van der Waals surface area contributed by atoms with Crippen LogP contribution < -0.4 is 10.2 Å². The van der Waals surface area contributed by atoms with Gasteiger partial charge in [-0.1, -0.05) is 0 Å². The van der Waals surface area contributed by atoms with Crippen LogP contribution in [0, 0.1) is 0 Å². The molecule has 15 nitrogen and oxygen atoms in total. The second-order valence-electron chi connectivity index (χ2n) is 10.1. The first-order valence-electron chi connectivity index (χ1n) is 12.9. The van der Waals surface area contributed by atoms with E-state index in [0.717, 1.165) is 12.1 Å². The molecule has 3 heterocycles. The number of hydrogen-bond donors (Lipinski definition) is 9. The van der Waals surface area contributed by atoms with Gasteiger partial charge in [0.1, 0.15) is 65.4 Å². The molecule has 0 saturated carbocycles. The number of aliphatic hydroxyl groups is 6. The lowest BCUT2D eigenvalue weighted by molar-refractivity contribution is -0.318. The summed E-state index contributed by atoms with van der Waals surface area (Å²) in [6.07, 6.45) is -15.7. The molecule has 15 heteroatoms. The number of hydrogen-bond acceptors (Lipinski definition) is 15. The minimum atomic E-state index is -1.90. The van der Waals surface area contributed by atoms with Gasteiger partial charge in [0.15, 0.2) is 23.1 Å². The van der Waals surface area contributed by atoms with Crippen molar-refractivity contribution in [2.45, 2.75) is 68.3 Å².